The average molecular weight is 269 g/mol. The second kappa shape index (κ2) is 5.75. The summed E-state index contributed by atoms with van der Waals surface area (Å²) in [6, 6.07) is 1.93. The first-order valence-electron chi connectivity index (χ1n) is 6.21. The molecule has 0 aliphatic carbocycles. The molecule has 0 bridgehead atoms. The molecule has 0 saturated carbocycles. The smallest absolute Gasteiger partial charge is 0.180 e. The van der Waals surface area contributed by atoms with Crippen molar-refractivity contribution in [2.75, 3.05) is 0 Å². The van der Waals surface area contributed by atoms with Gasteiger partial charge in [-0.15, -0.1) is 11.6 Å². The fourth-order valence-corrected chi connectivity index (χ4v) is 2.11. The van der Waals surface area contributed by atoms with Crippen molar-refractivity contribution in [1.29, 1.82) is 0 Å². The van der Waals surface area contributed by atoms with Gasteiger partial charge in [-0.1, -0.05) is 0 Å². The second-order valence-electron chi connectivity index (χ2n) is 4.96. The zero-order valence-corrected chi connectivity index (χ0v) is 12.7. The van der Waals surface area contributed by atoms with Crippen molar-refractivity contribution in [1.82, 2.24) is 0 Å². The molecule has 0 amide bonds. The van der Waals surface area contributed by atoms with Crippen LogP contribution in [-0.2, 0) is 0 Å². The van der Waals surface area contributed by atoms with Crippen molar-refractivity contribution >= 4 is 17.4 Å². The summed E-state index contributed by atoms with van der Waals surface area (Å²) in [5.41, 5.74) is 3.62. The van der Waals surface area contributed by atoms with Crippen LogP contribution in [0.4, 0.5) is 0 Å². The van der Waals surface area contributed by atoms with Gasteiger partial charge in [-0.05, 0) is 64.3 Å². The van der Waals surface area contributed by atoms with E-state index in [0.29, 0.717) is 0 Å². The predicted octanol–water partition coefficient (Wildman–Crippen LogP) is 4.21. The zero-order chi connectivity index (χ0) is 14.0. The normalized spacial score (nSPS) is 12.7. The molecule has 0 aliphatic heterocycles. The summed E-state index contributed by atoms with van der Waals surface area (Å²) in [4.78, 5) is 12.1. The van der Waals surface area contributed by atoms with Crippen LogP contribution in [0.5, 0.6) is 5.75 Å². The molecule has 1 rings (SSSR count). The number of hydrogen-bond donors (Lipinski definition) is 0. The minimum Gasteiger partial charge on any atom is -0.491 e. The number of rotatable bonds is 4. The summed E-state index contributed by atoms with van der Waals surface area (Å²) in [6.07, 6.45) is 0.121. The fourth-order valence-electron chi connectivity index (χ4n) is 2.00. The van der Waals surface area contributed by atoms with Crippen LogP contribution in [0, 0.1) is 20.8 Å². The first kappa shape index (κ1) is 15.0. The fraction of sp³-hybridized carbons (Fsp3) is 0.533. The molecule has 3 heteroatoms. The topological polar surface area (TPSA) is 26.3 Å². The Morgan fingerprint density at radius 3 is 2.17 bits per heavy atom. The molecule has 0 aromatic heterocycles. The van der Waals surface area contributed by atoms with E-state index in [1.807, 2.05) is 40.7 Å². The van der Waals surface area contributed by atoms with E-state index in [4.69, 9.17) is 16.3 Å². The summed E-state index contributed by atoms with van der Waals surface area (Å²) < 4.78 is 5.76. The van der Waals surface area contributed by atoms with Gasteiger partial charge in [-0.2, -0.15) is 0 Å². The molecule has 0 aliphatic rings. The summed E-state index contributed by atoms with van der Waals surface area (Å²) in [6.45, 7) is 11.5. The Morgan fingerprint density at radius 1 is 1.17 bits per heavy atom. The van der Waals surface area contributed by atoms with Gasteiger partial charge in [0.1, 0.15) is 5.75 Å². The average Bonchev–Trinajstić information content (AvgIpc) is 2.24. The molecule has 1 atom stereocenters. The molecule has 2 nitrogen and oxygen atoms in total. The van der Waals surface area contributed by atoms with Crippen LogP contribution in [0.1, 0.15) is 47.8 Å². The van der Waals surface area contributed by atoms with Crippen molar-refractivity contribution in [2.45, 2.75) is 53.0 Å². The van der Waals surface area contributed by atoms with Crippen LogP contribution in [0.2, 0.25) is 0 Å². The van der Waals surface area contributed by atoms with Gasteiger partial charge in [0.15, 0.2) is 5.78 Å². The maximum Gasteiger partial charge on any atom is 0.180 e. The van der Waals surface area contributed by atoms with Crippen LogP contribution in [0.25, 0.3) is 0 Å². The number of halogens is 1. The molecule has 1 aromatic rings. The van der Waals surface area contributed by atoms with Gasteiger partial charge >= 0.3 is 0 Å². The molecule has 100 valence electrons. The lowest BCUT2D eigenvalue weighted by Crippen LogP contribution is -2.16. The standard InChI is InChI=1S/C15H21ClO2/c1-8(2)18-13-7-9(3)14(11(5)10(13)4)15(17)12(6)16/h7-8,12H,1-6H3. The number of ether oxygens (including phenoxy) is 1. The molecule has 0 saturated heterocycles. The molecule has 0 spiro atoms. The molecular formula is C15H21ClO2. The van der Waals surface area contributed by atoms with E-state index in [9.17, 15) is 4.79 Å². The molecule has 0 heterocycles. The highest BCUT2D eigenvalue weighted by Gasteiger charge is 2.20. The summed E-state index contributed by atoms with van der Waals surface area (Å²) in [5, 5.41) is -0.501. The third-order valence-corrected chi connectivity index (χ3v) is 3.22. The molecule has 18 heavy (non-hydrogen) atoms. The van der Waals surface area contributed by atoms with Crippen molar-refractivity contribution in [3.63, 3.8) is 0 Å². The number of ketones is 1. The van der Waals surface area contributed by atoms with Crippen molar-refractivity contribution < 1.29 is 9.53 Å². The van der Waals surface area contributed by atoms with Gasteiger partial charge in [0.25, 0.3) is 0 Å². The Bertz CT molecular complexity index is 462. The van der Waals surface area contributed by atoms with Gasteiger partial charge in [0.05, 0.1) is 11.5 Å². The number of Topliss-reactive ketones (excluding diaryl/α,β-unsaturated/α-hetero) is 1. The Morgan fingerprint density at radius 2 is 1.72 bits per heavy atom. The highest BCUT2D eigenvalue weighted by Crippen LogP contribution is 2.29. The number of aryl methyl sites for hydroxylation is 1. The van der Waals surface area contributed by atoms with E-state index in [2.05, 4.69) is 0 Å². The van der Waals surface area contributed by atoms with Crippen LogP contribution >= 0.6 is 11.6 Å². The summed E-state index contributed by atoms with van der Waals surface area (Å²) >= 11 is 5.90. The van der Waals surface area contributed by atoms with Crippen molar-refractivity contribution in [3.8, 4) is 5.75 Å². The van der Waals surface area contributed by atoms with Gasteiger partial charge in [0, 0.05) is 5.56 Å². The lowest BCUT2D eigenvalue weighted by molar-refractivity contribution is 0.0990. The molecule has 0 radical (unpaired) electrons. The first-order chi connectivity index (χ1) is 8.25. The molecule has 1 unspecified atom stereocenters. The highest BCUT2D eigenvalue weighted by atomic mass is 35.5. The lowest BCUT2D eigenvalue weighted by Gasteiger charge is -2.18. The second-order valence-corrected chi connectivity index (χ2v) is 5.62. The molecule has 0 fully saturated rings. The Balaban J connectivity index is 3.33. The van der Waals surface area contributed by atoms with Gasteiger partial charge < -0.3 is 4.74 Å². The van der Waals surface area contributed by atoms with E-state index in [1.54, 1.807) is 6.92 Å². The minimum atomic E-state index is -0.501. The molecule has 0 N–H and O–H groups in total. The van der Waals surface area contributed by atoms with E-state index in [0.717, 1.165) is 28.0 Å². The Labute approximate surface area is 114 Å². The van der Waals surface area contributed by atoms with Crippen LogP contribution in [0.15, 0.2) is 6.07 Å². The zero-order valence-electron chi connectivity index (χ0n) is 11.9. The van der Waals surface area contributed by atoms with Crippen LogP contribution in [-0.4, -0.2) is 17.3 Å². The number of hydrogen-bond acceptors (Lipinski definition) is 2. The largest absolute Gasteiger partial charge is 0.491 e. The maximum atomic E-state index is 12.1. The third-order valence-electron chi connectivity index (χ3n) is 3.02. The van der Waals surface area contributed by atoms with Gasteiger partial charge in [-0.3, -0.25) is 4.79 Å². The van der Waals surface area contributed by atoms with E-state index in [-0.39, 0.29) is 11.9 Å². The van der Waals surface area contributed by atoms with Crippen molar-refractivity contribution in [2.24, 2.45) is 0 Å². The summed E-state index contributed by atoms with van der Waals surface area (Å²) in [5.74, 6) is 0.824. The van der Waals surface area contributed by atoms with Gasteiger partial charge in [-0.25, -0.2) is 0 Å². The number of carbonyl (C=O) groups is 1. The third kappa shape index (κ3) is 3.05. The lowest BCUT2D eigenvalue weighted by atomic mass is 9.93. The number of benzene rings is 1. The molecular weight excluding hydrogens is 248 g/mol. The first-order valence-corrected chi connectivity index (χ1v) is 6.65. The quantitative estimate of drug-likeness (QED) is 0.604. The van der Waals surface area contributed by atoms with E-state index >= 15 is 0 Å². The van der Waals surface area contributed by atoms with E-state index < -0.39 is 5.38 Å². The Hall–Kier alpha value is -1.02. The van der Waals surface area contributed by atoms with Crippen LogP contribution < -0.4 is 4.74 Å². The minimum absolute atomic E-state index is 0.0223. The monoisotopic (exact) mass is 268 g/mol. The number of carbonyl (C=O) groups excluding carboxylic acids is 1. The summed E-state index contributed by atoms with van der Waals surface area (Å²) in [7, 11) is 0. The highest BCUT2D eigenvalue weighted by molar-refractivity contribution is 6.34. The van der Waals surface area contributed by atoms with Crippen LogP contribution in [0.3, 0.4) is 0 Å². The van der Waals surface area contributed by atoms with E-state index in [1.165, 1.54) is 0 Å². The Kier molecular flexibility index (Phi) is 4.80. The van der Waals surface area contributed by atoms with Gasteiger partial charge in [0.2, 0.25) is 0 Å². The predicted molar refractivity (Wildman–Crippen MR) is 76.1 cm³/mol. The molecule has 1 aromatic carbocycles. The SMILES string of the molecule is Cc1cc(OC(C)C)c(C)c(C)c1C(=O)C(C)Cl. The number of alkyl halides is 1. The maximum absolute atomic E-state index is 12.1. The van der Waals surface area contributed by atoms with Crippen molar-refractivity contribution in [3.05, 3.63) is 28.3 Å².